The molecule has 2 heterocycles. The molecule has 0 N–H and O–H groups in total. The molecule has 0 saturated heterocycles. The van der Waals surface area contributed by atoms with E-state index in [1.165, 1.54) is 5.52 Å². The maximum Gasteiger partial charge on any atom is 0.412 e. The van der Waals surface area contributed by atoms with Crippen molar-refractivity contribution < 1.29 is 8.98 Å². The number of hydrogen-bond acceptors (Lipinski definition) is 2. The zero-order valence-corrected chi connectivity index (χ0v) is 9.85. The number of oxazole rings is 1. The lowest BCUT2D eigenvalue weighted by atomic mass is 10.3. The van der Waals surface area contributed by atoms with E-state index in [-0.39, 0.29) is 0 Å². The van der Waals surface area contributed by atoms with E-state index in [0.717, 1.165) is 22.7 Å². The number of rotatable bonds is 1. The van der Waals surface area contributed by atoms with Crippen molar-refractivity contribution in [3.63, 3.8) is 0 Å². The second-order valence-electron chi connectivity index (χ2n) is 3.34. The monoisotopic (exact) mass is 270 g/mol. The minimum absolute atomic E-state index is 0.610. The fourth-order valence-electron chi connectivity index (χ4n) is 1.74. The van der Waals surface area contributed by atoms with Gasteiger partial charge in [0.05, 0.1) is 5.25 Å². The summed E-state index contributed by atoms with van der Waals surface area (Å²) in [5.41, 5.74) is 2.20. The van der Waals surface area contributed by atoms with E-state index < -0.39 is 0 Å². The lowest BCUT2D eigenvalue weighted by Gasteiger charge is -1.94. The van der Waals surface area contributed by atoms with Gasteiger partial charge in [-0.15, -0.1) is 4.57 Å². The van der Waals surface area contributed by atoms with Crippen LogP contribution in [0.1, 0.15) is 0 Å². The molecule has 1 aliphatic rings. The highest BCUT2D eigenvalue weighted by Crippen LogP contribution is 2.31. The number of thioether (sulfide) groups is 1. The molecule has 4 heteroatoms. The van der Waals surface area contributed by atoms with Crippen molar-refractivity contribution in [2.75, 3.05) is 5.33 Å². The van der Waals surface area contributed by atoms with Crippen LogP contribution in [0, 0.1) is 0 Å². The molecule has 2 aromatic rings. The Morgan fingerprint density at radius 3 is 3.21 bits per heavy atom. The first kappa shape index (κ1) is 8.80. The van der Waals surface area contributed by atoms with Gasteiger partial charge < -0.3 is 4.42 Å². The van der Waals surface area contributed by atoms with Gasteiger partial charge in [-0.2, -0.15) is 0 Å². The van der Waals surface area contributed by atoms with Gasteiger partial charge in [-0.05, 0) is 17.8 Å². The van der Waals surface area contributed by atoms with Crippen LogP contribution in [0.5, 0.6) is 0 Å². The van der Waals surface area contributed by atoms with Gasteiger partial charge >= 0.3 is 5.22 Å². The summed E-state index contributed by atoms with van der Waals surface area (Å²) in [6.45, 7) is 1.04. The predicted molar refractivity (Wildman–Crippen MR) is 59.8 cm³/mol. The first-order chi connectivity index (χ1) is 6.88. The molecule has 0 fully saturated rings. The van der Waals surface area contributed by atoms with Crippen molar-refractivity contribution in [1.29, 1.82) is 0 Å². The van der Waals surface area contributed by atoms with Gasteiger partial charge in [0.15, 0.2) is 6.54 Å². The molecule has 0 aliphatic carbocycles. The van der Waals surface area contributed by atoms with Gasteiger partial charge in [-0.3, -0.25) is 0 Å². The first-order valence-electron chi connectivity index (χ1n) is 4.52. The molecule has 0 saturated carbocycles. The number of aromatic nitrogens is 1. The Labute approximate surface area is 94.4 Å². The Bertz CT molecular complexity index is 482. The SMILES string of the molecule is BrCC1C[n+]2c(oc3ccccc32)S1. The van der Waals surface area contributed by atoms with E-state index in [4.69, 9.17) is 4.42 Å². The summed E-state index contributed by atoms with van der Waals surface area (Å²) in [5.74, 6) is 0. The van der Waals surface area contributed by atoms with Crippen molar-refractivity contribution in [3.8, 4) is 0 Å². The number of fused-ring (bicyclic) bond motifs is 3. The summed E-state index contributed by atoms with van der Waals surface area (Å²) in [6.07, 6.45) is 0. The van der Waals surface area contributed by atoms with Crippen LogP contribution in [-0.2, 0) is 6.54 Å². The fourth-order valence-corrected chi connectivity index (χ4v) is 3.35. The average molecular weight is 271 g/mol. The topological polar surface area (TPSA) is 17.0 Å². The van der Waals surface area contributed by atoms with Crippen LogP contribution in [-0.4, -0.2) is 10.6 Å². The summed E-state index contributed by atoms with van der Waals surface area (Å²) in [6, 6.07) is 8.19. The van der Waals surface area contributed by atoms with Crippen LogP contribution in [0.4, 0.5) is 0 Å². The second-order valence-corrected chi connectivity index (χ2v) is 5.24. The molecular weight excluding hydrogens is 262 g/mol. The molecule has 14 heavy (non-hydrogen) atoms. The number of hydrogen-bond donors (Lipinski definition) is 0. The molecule has 0 spiro atoms. The lowest BCUT2D eigenvalue weighted by Crippen LogP contribution is -2.33. The van der Waals surface area contributed by atoms with Gasteiger partial charge in [-0.1, -0.05) is 28.1 Å². The van der Waals surface area contributed by atoms with Crippen molar-refractivity contribution in [2.45, 2.75) is 17.0 Å². The minimum Gasteiger partial charge on any atom is -0.393 e. The minimum atomic E-state index is 0.610. The molecule has 1 aromatic carbocycles. The Kier molecular flexibility index (Phi) is 2.06. The molecule has 1 atom stereocenters. The zero-order valence-electron chi connectivity index (χ0n) is 7.44. The molecule has 1 unspecified atom stereocenters. The van der Waals surface area contributed by atoms with Crippen molar-refractivity contribution >= 4 is 38.8 Å². The largest absolute Gasteiger partial charge is 0.412 e. The standard InChI is InChI=1S/C10H9BrNOS/c11-5-7-6-12-8-3-1-2-4-9(8)13-10(12)14-7/h1-4,7H,5-6H2/q+1. The molecule has 72 valence electrons. The van der Waals surface area contributed by atoms with Crippen LogP contribution < -0.4 is 4.57 Å². The second kappa shape index (κ2) is 3.28. The van der Waals surface area contributed by atoms with Gasteiger partial charge in [-0.25, -0.2) is 0 Å². The average Bonchev–Trinajstić information content (AvgIpc) is 2.73. The zero-order chi connectivity index (χ0) is 9.54. The maximum absolute atomic E-state index is 5.75. The molecule has 1 aromatic heterocycles. The third-order valence-electron chi connectivity index (χ3n) is 2.40. The van der Waals surface area contributed by atoms with Gasteiger partial charge in [0.25, 0.3) is 5.52 Å². The first-order valence-corrected chi connectivity index (χ1v) is 6.52. The number of alkyl halides is 1. The summed E-state index contributed by atoms with van der Waals surface area (Å²) in [5, 5.41) is 2.66. The molecule has 1 aliphatic heterocycles. The fraction of sp³-hybridized carbons (Fsp3) is 0.300. The van der Waals surface area contributed by atoms with Crippen LogP contribution in [0.25, 0.3) is 11.1 Å². The van der Waals surface area contributed by atoms with Gasteiger partial charge in [0.2, 0.25) is 5.58 Å². The number of benzene rings is 1. The molecular formula is C10H9BrNOS+. The third kappa shape index (κ3) is 1.21. The highest BCUT2D eigenvalue weighted by Gasteiger charge is 2.35. The third-order valence-corrected chi connectivity index (χ3v) is 4.76. The predicted octanol–water partition coefficient (Wildman–Crippen LogP) is 2.59. The number of para-hydroxylation sites is 2. The van der Waals surface area contributed by atoms with Crippen LogP contribution in [0.3, 0.4) is 0 Å². The Hall–Kier alpha value is -0.480. The van der Waals surface area contributed by atoms with E-state index in [1.54, 1.807) is 0 Å². The van der Waals surface area contributed by atoms with Crippen LogP contribution >= 0.6 is 27.7 Å². The molecule has 0 radical (unpaired) electrons. The molecule has 2 nitrogen and oxygen atoms in total. The Morgan fingerprint density at radius 1 is 1.50 bits per heavy atom. The van der Waals surface area contributed by atoms with E-state index >= 15 is 0 Å². The highest BCUT2D eigenvalue weighted by molar-refractivity contribution is 9.09. The summed E-state index contributed by atoms with van der Waals surface area (Å²) in [7, 11) is 0. The van der Waals surface area contributed by atoms with E-state index in [1.807, 2.05) is 23.9 Å². The Morgan fingerprint density at radius 2 is 2.36 bits per heavy atom. The Balaban J connectivity index is 2.16. The van der Waals surface area contributed by atoms with Crippen molar-refractivity contribution in [1.82, 2.24) is 0 Å². The van der Waals surface area contributed by atoms with Gasteiger partial charge in [0.1, 0.15) is 0 Å². The maximum atomic E-state index is 5.75. The van der Waals surface area contributed by atoms with Crippen LogP contribution in [0.2, 0.25) is 0 Å². The molecule has 0 amide bonds. The molecule has 3 rings (SSSR count). The summed E-state index contributed by atoms with van der Waals surface area (Å²) >= 11 is 5.32. The molecule has 0 bridgehead atoms. The normalized spacial score (nSPS) is 20.2. The number of nitrogens with zero attached hydrogens (tertiary/aromatic N) is 1. The smallest absolute Gasteiger partial charge is 0.393 e. The number of halogens is 1. The quantitative estimate of drug-likeness (QED) is 0.585. The van der Waals surface area contributed by atoms with Crippen molar-refractivity contribution in [3.05, 3.63) is 24.3 Å². The highest BCUT2D eigenvalue weighted by atomic mass is 79.9. The van der Waals surface area contributed by atoms with Gasteiger partial charge in [0, 0.05) is 11.4 Å². The van der Waals surface area contributed by atoms with Crippen molar-refractivity contribution in [2.24, 2.45) is 0 Å². The van der Waals surface area contributed by atoms with E-state index in [0.29, 0.717) is 5.25 Å². The van der Waals surface area contributed by atoms with E-state index in [9.17, 15) is 0 Å². The van der Waals surface area contributed by atoms with E-state index in [2.05, 4.69) is 32.6 Å². The summed E-state index contributed by atoms with van der Waals surface area (Å²) in [4.78, 5) is 0. The van der Waals surface area contributed by atoms with Crippen LogP contribution in [0.15, 0.2) is 33.9 Å². The lowest BCUT2D eigenvalue weighted by molar-refractivity contribution is -0.708. The summed E-state index contributed by atoms with van der Waals surface area (Å²) < 4.78 is 8.00.